The first-order valence-electron chi connectivity index (χ1n) is 10.5. The largest absolute Gasteiger partial charge is 0.300 e. The molecule has 0 aliphatic carbocycles. The number of rotatable bonds is 6. The van der Waals surface area contributed by atoms with E-state index in [0.29, 0.717) is 12.1 Å². The van der Waals surface area contributed by atoms with Crippen molar-refractivity contribution >= 4 is 18.5 Å². The molecule has 0 N–H and O–H groups in total. The molecule has 2 unspecified atom stereocenters. The Labute approximate surface area is 176 Å². The minimum Gasteiger partial charge on any atom is -0.300 e. The van der Waals surface area contributed by atoms with Gasteiger partial charge < -0.3 is 9.80 Å². The zero-order valence-corrected chi connectivity index (χ0v) is 18.4. The Morgan fingerprint density at radius 3 is 1.66 bits per heavy atom. The summed E-state index contributed by atoms with van der Waals surface area (Å²) in [5.41, 5.74) is 1.44. The maximum atomic E-state index is 2.61. The van der Waals surface area contributed by atoms with E-state index in [1.807, 2.05) is 0 Å². The fourth-order valence-electron chi connectivity index (χ4n) is 4.33. The van der Waals surface area contributed by atoms with Gasteiger partial charge in [-0.25, -0.2) is 0 Å². The van der Waals surface area contributed by atoms with Crippen LogP contribution in [0.25, 0.3) is 0 Å². The number of hydrogen-bond donors (Lipinski definition) is 0. The van der Waals surface area contributed by atoms with Crippen molar-refractivity contribution in [2.75, 3.05) is 33.3 Å². The number of likely N-dealkylation sites (N-methyl/N-ethyl adjacent to an activating group) is 2. The average molecular weight is 403 g/mol. The molecule has 0 bridgehead atoms. The Morgan fingerprint density at radius 1 is 0.655 bits per heavy atom. The van der Waals surface area contributed by atoms with Gasteiger partial charge in [0.15, 0.2) is 0 Å². The maximum absolute atomic E-state index is 2.61. The van der Waals surface area contributed by atoms with Gasteiger partial charge in [0.1, 0.15) is 0 Å². The predicted molar refractivity (Wildman–Crippen MR) is 127 cm³/mol. The van der Waals surface area contributed by atoms with Gasteiger partial charge in [-0.1, -0.05) is 91.0 Å². The summed E-state index contributed by atoms with van der Waals surface area (Å²) in [7, 11) is 4.27. The van der Waals surface area contributed by atoms with Crippen molar-refractivity contribution < 1.29 is 0 Å². The highest BCUT2D eigenvalue weighted by Gasteiger charge is 2.31. The molecule has 3 aromatic carbocycles. The minimum atomic E-state index is -0.350. The lowest BCUT2D eigenvalue weighted by molar-refractivity contribution is 0.0733. The first-order chi connectivity index (χ1) is 14.2. The highest BCUT2D eigenvalue weighted by atomic mass is 31.1. The molecule has 1 aliphatic heterocycles. The van der Waals surface area contributed by atoms with E-state index in [-0.39, 0.29) is 7.92 Å². The molecule has 2 nitrogen and oxygen atoms in total. The molecular formula is C26H31N2P. The van der Waals surface area contributed by atoms with Crippen LogP contribution in [0.2, 0.25) is 0 Å². The van der Waals surface area contributed by atoms with Crippen LogP contribution in [-0.4, -0.2) is 55.2 Å². The van der Waals surface area contributed by atoms with E-state index in [4.69, 9.17) is 0 Å². The minimum absolute atomic E-state index is 0.350. The van der Waals surface area contributed by atoms with Crippen LogP contribution in [0.5, 0.6) is 0 Å². The molecule has 1 fully saturated rings. The fourth-order valence-corrected chi connectivity index (χ4v) is 6.93. The molecule has 1 aliphatic rings. The second-order valence-electron chi connectivity index (χ2n) is 8.16. The summed E-state index contributed by atoms with van der Waals surface area (Å²) in [5.74, 6) is 0. The number of piperazine rings is 1. The van der Waals surface area contributed by atoms with Crippen molar-refractivity contribution in [3.63, 3.8) is 0 Å². The van der Waals surface area contributed by atoms with Crippen molar-refractivity contribution in [1.29, 1.82) is 0 Å². The lowest BCUT2D eigenvalue weighted by Gasteiger charge is -2.44. The van der Waals surface area contributed by atoms with E-state index in [1.54, 1.807) is 0 Å². The third kappa shape index (κ3) is 5.14. The third-order valence-electron chi connectivity index (χ3n) is 6.09. The molecule has 0 radical (unpaired) electrons. The normalized spacial score (nSPS) is 20.8. The van der Waals surface area contributed by atoms with Crippen molar-refractivity contribution in [2.45, 2.75) is 18.5 Å². The summed E-state index contributed by atoms with van der Waals surface area (Å²) < 4.78 is 0. The molecular weight excluding hydrogens is 371 g/mol. The summed E-state index contributed by atoms with van der Waals surface area (Å²) in [6.07, 6.45) is 2.34. The van der Waals surface area contributed by atoms with E-state index >= 15 is 0 Å². The van der Waals surface area contributed by atoms with Crippen LogP contribution in [-0.2, 0) is 6.42 Å². The van der Waals surface area contributed by atoms with E-state index < -0.39 is 0 Å². The maximum Gasteiger partial charge on any atom is 0.0266 e. The summed E-state index contributed by atoms with van der Waals surface area (Å²) in [6.45, 7) is 2.26. The smallest absolute Gasteiger partial charge is 0.0266 e. The molecule has 1 saturated heterocycles. The molecule has 4 rings (SSSR count). The number of benzene rings is 3. The Balaban J connectivity index is 1.49. The van der Waals surface area contributed by atoms with Crippen LogP contribution >= 0.6 is 7.92 Å². The lowest BCUT2D eigenvalue weighted by Crippen LogP contribution is -2.57. The van der Waals surface area contributed by atoms with Gasteiger partial charge in [0.2, 0.25) is 0 Å². The monoisotopic (exact) mass is 402 g/mol. The van der Waals surface area contributed by atoms with Crippen molar-refractivity contribution in [1.82, 2.24) is 9.80 Å². The SMILES string of the molecule is CN1CC(CP(c2ccccc2)c2ccccc2)N(C)CC1Cc1ccccc1. The Bertz CT molecular complexity index is 829. The molecule has 0 saturated carbocycles. The highest BCUT2D eigenvalue weighted by Crippen LogP contribution is 2.36. The standard InChI is InChI=1S/C26H31N2P/c1-27-20-24(28(2)19-23(27)18-22-12-6-3-7-13-22)21-29(25-14-8-4-9-15-25)26-16-10-5-11-17-26/h3-17,23-24H,18-21H2,1-2H3. The second-order valence-corrected chi connectivity index (χ2v) is 10.4. The molecule has 2 atom stereocenters. The summed E-state index contributed by atoms with van der Waals surface area (Å²) in [4.78, 5) is 5.19. The summed E-state index contributed by atoms with van der Waals surface area (Å²) in [5, 5.41) is 2.97. The quantitative estimate of drug-likeness (QED) is 0.576. The van der Waals surface area contributed by atoms with Crippen LogP contribution < -0.4 is 10.6 Å². The van der Waals surface area contributed by atoms with E-state index in [2.05, 4.69) is 115 Å². The molecule has 0 aromatic heterocycles. The number of nitrogens with zero attached hydrogens (tertiary/aromatic N) is 2. The predicted octanol–water partition coefficient (Wildman–Crippen LogP) is 3.98. The Hall–Kier alpha value is -1.99. The summed E-state index contributed by atoms with van der Waals surface area (Å²) in [6, 6.07) is 34.3. The molecule has 1 heterocycles. The van der Waals surface area contributed by atoms with Gasteiger partial charge in [-0.3, -0.25) is 0 Å². The zero-order chi connectivity index (χ0) is 20.1. The van der Waals surface area contributed by atoms with Crippen LogP contribution in [0.4, 0.5) is 0 Å². The lowest BCUT2D eigenvalue weighted by atomic mass is 10.0. The zero-order valence-electron chi connectivity index (χ0n) is 17.5. The van der Waals surface area contributed by atoms with Gasteiger partial charge >= 0.3 is 0 Å². The first-order valence-corrected chi connectivity index (χ1v) is 12.1. The van der Waals surface area contributed by atoms with E-state index in [9.17, 15) is 0 Å². The van der Waals surface area contributed by atoms with Crippen molar-refractivity contribution in [3.8, 4) is 0 Å². The molecule has 0 spiro atoms. The van der Waals surface area contributed by atoms with Gasteiger partial charge in [0.25, 0.3) is 0 Å². The van der Waals surface area contributed by atoms with Gasteiger partial charge in [0, 0.05) is 25.2 Å². The summed E-state index contributed by atoms with van der Waals surface area (Å²) >= 11 is 0. The van der Waals surface area contributed by atoms with E-state index in [1.165, 1.54) is 22.3 Å². The first kappa shape index (κ1) is 20.3. The second kappa shape index (κ2) is 9.67. The Kier molecular flexibility index (Phi) is 6.77. The third-order valence-corrected chi connectivity index (χ3v) is 8.72. The van der Waals surface area contributed by atoms with Gasteiger partial charge in [-0.05, 0) is 50.8 Å². The van der Waals surface area contributed by atoms with Gasteiger partial charge in [-0.15, -0.1) is 0 Å². The fraction of sp³-hybridized carbons (Fsp3) is 0.308. The van der Waals surface area contributed by atoms with Crippen LogP contribution in [0.3, 0.4) is 0 Å². The topological polar surface area (TPSA) is 6.48 Å². The van der Waals surface area contributed by atoms with Crippen LogP contribution in [0.1, 0.15) is 5.56 Å². The van der Waals surface area contributed by atoms with Crippen LogP contribution in [0, 0.1) is 0 Å². The molecule has 3 aromatic rings. The molecule has 3 heteroatoms. The molecule has 150 valence electrons. The highest BCUT2D eigenvalue weighted by molar-refractivity contribution is 7.73. The van der Waals surface area contributed by atoms with E-state index in [0.717, 1.165) is 19.5 Å². The van der Waals surface area contributed by atoms with Crippen molar-refractivity contribution in [2.24, 2.45) is 0 Å². The molecule has 0 amide bonds. The molecule has 29 heavy (non-hydrogen) atoms. The van der Waals surface area contributed by atoms with Crippen LogP contribution in [0.15, 0.2) is 91.0 Å². The number of hydrogen-bond acceptors (Lipinski definition) is 2. The van der Waals surface area contributed by atoms with Gasteiger partial charge in [0.05, 0.1) is 0 Å². The Morgan fingerprint density at radius 2 is 1.10 bits per heavy atom. The van der Waals surface area contributed by atoms with Gasteiger partial charge in [-0.2, -0.15) is 0 Å². The van der Waals surface area contributed by atoms with Crippen molar-refractivity contribution in [3.05, 3.63) is 96.6 Å². The average Bonchev–Trinajstić information content (AvgIpc) is 2.77.